The summed E-state index contributed by atoms with van der Waals surface area (Å²) in [5.74, 6) is -0.188. The van der Waals surface area contributed by atoms with Gasteiger partial charge in [0.1, 0.15) is 5.82 Å². The lowest BCUT2D eigenvalue weighted by atomic mass is 10.0. The molecule has 0 fully saturated rings. The maximum Gasteiger partial charge on any atom is 0.123 e. The van der Waals surface area contributed by atoms with E-state index in [9.17, 15) is 4.39 Å². The zero-order chi connectivity index (χ0) is 15.7. The average Bonchev–Trinajstić information content (AvgIpc) is 2.45. The van der Waals surface area contributed by atoms with E-state index in [1.807, 2.05) is 6.07 Å². The van der Waals surface area contributed by atoms with Crippen molar-refractivity contribution in [3.63, 3.8) is 0 Å². The minimum absolute atomic E-state index is 0.153. The molecule has 1 rings (SSSR count). The lowest BCUT2D eigenvalue weighted by Crippen LogP contribution is -2.36. The summed E-state index contributed by atoms with van der Waals surface area (Å²) in [5.41, 5.74) is 0.996. The Balaban J connectivity index is 2.69. The number of aliphatic hydroxyl groups is 1. The van der Waals surface area contributed by atoms with Gasteiger partial charge in [-0.1, -0.05) is 19.1 Å². The van der Waals surface area contributed by atoms with Crippen LogP contribution in [0.1, 0.15) is 45.2 Å². The van der Waals surface area contributed by atoms with Crippen molar-refractivity contribution in [2.45, 2.75) is 45.7 Å². The molecule has 0 aliphatic heterocycles. The van der Waals surface area contributed by atoms with E-state index < -0.39 is 0 Å². The fourth-order valence-corrected chi connectivity index (χ4v) is 2.48. The number of halogens is 1. The first-order valence-electron chi connectivity index (χ1n) is 7.92. The molecule has 2 N–H and O–H groups in total. The molecule has 1 aromatic rings. The third-order valence-corrected chi connectivity index (χ3v) is 3.71. The van der Waals surface area contributed by atoms with Gasteiger partial charge in [-0.15, -0.1) is 0 Å². The first-order valence-corrected chi connectivity index (χ1v) is 7.92. The highest BCUT2D eigenvalue weighted by Gasteiger charge is 2.15. The molecule has 0 saturated heterocycles. The minimum atomic E-state index is -0.188. The van der Waals surface area contributed by atoms with E-state index in [0.29, 0.717) is 12.6 Å². The third kappa shape index (κ3) is 6.55. The van der Waals surface area contributed by atoms with Gasteiger partial charge in [-0.25, -0.2) is 4.39 Å². The molecule has 0 aliphatic rings. The number of nitrogens with zero attached hydrogens (tertiary/aromatic N) is 1. The molecule has 21 heavy (non-hydrogen) atoms. The second kappa shape index (κ2) is 9.87. The SMILES string of the molecule is CCCNC(CCN(CCO)C(C)C)c1cccc(F)c1. The summed E-state index contributed by atoms with van der Waals surface area (Å²) in [6, 6.07) is 7.38. The smallest absolute Gasteiger partial charge is 0.123 e. The summed E-state index contributed by atoms with van der Waals surface area (Å²) < 4.78 is 13.4. The standard InChI is InChI=1S/C17H29FN2O/c1-4-9-19-17(15-6-5-7-16(18)13-15)8-10-20(11-12-21)14(2)3/h5-7,13-14,17,19,21H,4,8-12H2,1-3H3. The van der Waals surface area contributed by atoms with E-state index in [4.69, 9.17) is 5.11 Å². The first-order chi connectivity index (χ1) is 10.1. The number of nitrogens with one attached hydrogen (secondary N) is 1. The average molecular weight is 296 g/mol. The Hall–Kier alpha value is -0.970. The molecule has 0 heterocycles. The van der Waals surface area contributed by atoms with Crippen LogP contribution in [-0.4, -0.2) is 42.3 Å². The molecule has 1 atom stereocenters. The molecule has 0 bridgehead atoms. The van der Waals surface area contributed by atoms with Crippen molar-refractivity contribution >= 4 is 0 Å². The molecular weight excluding hydrogens is 267 g/mol. The number of hydrogen-bond acceptors (Lipinski definition) is 3. The monoisotopic (exact) mass is 296 g/mol. The van der Waals surface area contributed by atoms with Crippen LogP contribution in [0.4, 0.5) is 4.39 Å². The predicted octanol–water partition coefficient (Wildman–Crippen LogP) is 2.96. The summed E-state index contributed by atoms with van der Waals surface area (Å²) >= 11 is 0. The van der Waals surface area contributed by atoms with Crippen LogP contribution >= 0.6 is 0 Å². The molecule has 1 unspecified atom stereocenters. The van der Waals surface area contributed by atoms with Crippen LogP contribution in [0.2, 0.25) is 0 Å². The zero-order valence-corrected chi connectivity index (χ0v) is 13.5. The van der Waals surface area contributed by atoms with Crippen LogP contribution < -0.4 is 5.32 Å². The van der Waals surface area contributed by atoms with Gasteiger partial charge in [-0.2, -0.15) is 0 Å². The van der Waals surface area contributed by atoms with E-state index in [0.717, 1.165) is 31.5 Å². The second-order valence-electron chi connectivity index (χ2n) is 5.70. The lowest BCUT2D eigenvalue weighted by molar-refractivity contribution is 0.159. The van der Waals surface area contributed by atoms with Gasteiger partial charge in [0.25, 0.3) is 0 Å². The quantitative estimate of drug-likeness (QED) is 0.697. The summed E-state index contributed by atoms with van der Waals surface area (Å²) in [7, 11) is 0. The molecule has 0 amide bonds. The first kappa shape index (κ1) is 18.1. The molecular formula is C17H29FN2O. The number of aliphatic hydroxyl groups excluding tert-OH is 1. The van der Waals surface area contributed by atoms with E-state index in [-0.39, 0.29) is 18.5 Å². The van der Waals surface area contributed by atoms with Gasteiger partial charge >= 0.3 is 0 Å². The normalized spacial score (nSPS) is 13.1. The van der Waals surface area contributed by atoms with E-state index in [2.05, 4.69) is 31.0 Å². The second-order valence-corrected chi connectivity index (χ2v) is 5.70. The van der Waals surface area contributed by atoms with Crippen LogP contribution in [0.15, 0.2) is 24.3 Å². The highest BCUT2D eigenvalue weighted by atomic mass is 19.1. The maximum absolute atomic E-state index is 13.4. The fraction of sp³-hybridized carbons (Fsp3) is 0.647. The molecule has 4 heteroatoms. The van der Waals surface area contributed by atoms with E-state index in [1.54, 1.807) is 12.1 Å². The van der Waals surface area contributed by atoms with Crippen LogP contribution in [0.5, 0.6) is 0 Å². The van der Waals surface area contributed by atoms with E-state index in [1.165, 1.54) is 6.07 Å². The van der Waals surface area contributed by atoms with Crippen LogP contribution in [0.3, 0.4) is 0 Å². The van der Waals surface area contributed by atoms with Crippen molar-refractivity contribution in [3.8, 4) is 0 Å². The van der Waals surface area contributed by atoms with Gasteiger partial charge in [0.2, 0.25) is 0 Å². The topological polar surface area (TPSA) is 35.5 Å². The minimum Gasteiger partial charge on any atom is -0.395 e. The molecule has 1 aromatic carbocycles. The maximum atomic E-state index is 13.4. The molecule has 0 aliphatic carbocycles. The number of benzene rings is 1. The van der Waals surface area contributed by atoms with Gasteiger partial charge in [0.15, 0.2) is 0 Å². The summed E-state index contributed by atoms with van der Waals surface area (Å²) in [6.45, 7) is 9.05. The Bertz CT molecular complexity index is 398. The fourth-order valence-electron chi connectivity index (χ4n) is 2.48. The predicted molar refractivity (Wildman–Crippen MR) is 85.8 cm³/mol. The molecule has 120 valence electrons. The van der Waals surface area contributed by atoms with Crippen LogP contribution in [-0.2, 0) is 0 Å². The lowest BCUT2D eigenvalue weighted by Gasteiger charge is -2.28. The Labute approximate surface area is 128 Å². The number of hydrogen-bond donors (Lipinski definition) is 2. The highest BCUT2D eigenvalue weighted by molar-refractivity contribution is 5.20. The molecule has 3 nitrogen and oxygen atoms in total. The van der Waals surface area contributed by atoms with Gasteiger partial charge in [-0.3, -0.25) is 4.90 Å². The van der Waals surface area contributed by atoms with Crippen LogP contribution in [0, 0.1) is 5.82 Å². The Kier molecular flexibility index (Phi) is 8.50. The molecule has 0 radical (unpaired) electrons. The molecule has 0 saturated carbocycles. The van der Waals surface area contributed by atoms with E-state index >= 15 is 0 Å². The van der Waals surface area contributed by atoms with Gasteiger partial charge in [0, 0.05) is 25.2 Å². The molecule has 0 spiro atoms. The molecule has 0 aromatic heterocycles. The number of rotatable bonds is 10. The van der Waals surface area contributed by atoms with Crippen molar-refractivity contribution in [3.05, 3.63) is 35.6 Å². The van der Waals surface area contributed by atoms with Crippen LogP contribution in [0.25, 0.3) is 0 Å². The summed E-state index contributed by atoms with van der Waals surface area (Å²) in [5, 5.41) is 12.6. The highest BCUT2D eigenvalue weighted by Crippen LogP contribution is 2.19. The van der Waals surface area contributed by atoms with Gasteiger partial charge < -0.3 is 10.4 Å². The third-order valence-electron chi connectivity index (χ3n) is 3.71. The van der Waals surface area contributed by atoms with Crippen molar-refractivity contribution in [2.24, 2.45) is 0 Å². The zero-order valence-electron chi connectivity index (χ0n) is 13.5. The van der Waals surface area contributed by atoms with Crippen molar-refractivity contribution in [1.82, 2.24) is 10.2 Å². The Morgan fingerprint density at radius 1 is 1.29 bits per heavy atom. The Morgan fingerprint density at radius 2 is 2.05 bits per heavy atom. The summed E-state index contributed by atoms with van der Waals surface area (Å²) in [4.78, 5) is 2.25. The summed E-state index contributed by atoms with van der Waals surface area (Å²) in [6.07, 6.45) is 1.96. The Morgan fingerprint density at radius 3 is 2.62 bits per heavy atom. The largest absolute Gasteiger partial charge is 0.395 e. The van der Waals surface area contributed by atoms with Crippen molar-refractivity contribution in [1.29, 1.82) is 0 Å². The van der Waals surface area contributed by atoms with Crippen molar-refractivity contribution < 1.29 is 9.50 Å². The van der Waals surface area contributed by atoms with Gasteiger partial charge in [-0.05, 0) is 50.9 Å². The van der Waals surface area contributed by atoms with Crippen molar-refractivity contribution in [2.75, 3.05) is 26.2 Å². The van der Waals surface area contributed by atoms with Gasteiger partial charge in [0.05, 0.1) is 6.61 Å².